The molecule has 1 aliphatic rings. The SMILES string of the molecule is COc1cccc(Nc2ccccc2C(=O)N(C)C2CCNC2)c1. The average Bonchev–Trinajstić information content (AvgIpc) is 3.16. The summed E-state index contributed by atoms with van der Waals surface area (Å²) in [7, 11) is 3.52. The highest BCUT2D eigenvalue weighted by atomic mass is 16.5. The van der Waals surface area contributed by atoms with Crippen LogP contribution < -0.4 is 15.4 Å². The van der Waals surface area contributed by atoms with Gasteiger partial charge in [-0.1, -0.05) is 18.2 Å². The lowest BCUT2D eigenvalue weighted by molar-refractivity contribution is 0.0745. The predicted molar refractivity (Wildman–Crippen MR) is 96.1 cm³/mol. The van der Waals surface area contributed by atoms with Gasteiger partial charge in [-0.15, -0.1) is 0 Å². The van der Waals surface area contributed by atoms with E-state index in [-0.39, 0.29) is 11.9 Å². The minimum Gasteiger partial charge on any atom is -0.497 e. The molecule has 0 aromatic heterocycles. The predicted octanol–water partition coefficient (Wildman–Crippen LogP) is 2.87. The summed E-state index contributed by atoms with van der Waals surface area (Å²) in [6, 6.07) is 15.5. The van der Waals surface area contributed by atoms with Crippen LogP contribution >= 0.6 is 0 Å². The number of methoxy groups -OCH3 is 1. The van der Waals surface area contributed by atoms with Crippen molar-refractivity contribution in [2.24, 2.45) is 0 Å². The van der Waals surface area contributed by atoms with E-state index in [1.54, 1.807) is 7.11 Å². The van der Waals surface area contributed by atoms with Gasteiger partial charge in [0.05, 0.1) is 18.4 Å². The first-order valence-electron chi connectivity index (χ1n) is 8.17. The first-order valence-corrected chi connectivity index (χ1v) is 8.17. The van der Waals surface area contributed by atoms with Crippen molar-refractivity contribution < 1.29 is 9.53 Å². The Kier molecular flexibility index (Phi) is 5.01. The molecule has 3 rings (SSSR count). The van der Waals surface area contributed by atoms with Crippen molar-refractivity contribution in [3.8, 4) is 5.75 Å². The third-order valence-electron chi connectivity index (χ3n) is 4.41. The number of hydrogen-bond donors (Lipinski definition) is 2. The van der Waals surface area contributed by atoms with Crippen LogP contribution in [-0.2, 0) is 0 Å². The summed E-state index contributed by atoms with van der Waals surface area (Å²) < 4.78 is 5.25. The smallest absolute Gasteiger partial charge is 0.255 e. The first-order chi connectivity index (χ1) is 11.7. The highest BCUT2D eigenvalue weighted by molar-refractivity contribution is 6.00. The highest BCUT2D eigenvalue weighted by Gasteiger charge is 2.25. The standard InChI is InChI=1S/C19H23N3O2/c1-22(15-10-11-20-13-15)19(23)17-8-3-4-9-18(17)21-14-6-5-7-16(12-14)24-2/h3-9,12,15,20-21H,10-11,13H2,1-2H3. The number of para-hydroxylation sites is 1. The second-order valence-corrected chi connectivity index (χ2v) is 5.97. The van der Waals surface area contributed by atoms with Gasteiger partial charge in [0.25, 0.3) is 5.91 Å². The summed E-state index contributed by atoms with van der Waals surface area (Å²) in [4.78, 5) is 14.7. The first kappa shape index (κ1) is 16.3. The van der Waals surface area contributed by atoms with Crippen molar-refractivity contribution in [3.63, 3.8) is 0 Å². The van der Waals surface area contributed by atoms with Crippen molar-refractivity contribution in [1.29, 1.82) is 0 Å². The zero-order valence-corrected chi connectivity index (χ0v) is 14.1. The van der Waals surface area contributed by atoms with Gasteiger partial charge in [0.1, 0.15) is 5.75 Å². The monoisotopic (exact) mass is 325 g/mol. The van der Waals surface area contributed by atoms with Crippen LogP contribution in [0.5, 0.6) is 5.75 Å². The topological polar surface area (TPSA) is 53.6 Å². The van der Waals surface area contributed by atoms with Crippen LogP contribution in [0.3, 0.4) is 0 Å². The lowest BCUT2D eigenvalue weighted by atomic mass is 10.1. The number of carbonyl (C=O) groups is 1. The molecule has 1 unspecified atom stereocenters. The Morgan fingerprint density at radius 3 is 2.83 bits per heavy atom. The van der Waals surface area contributed by atoms with Crippen LogP contribution in [0.2, 0.25) is 0 Å². The van der Waals surface area contributed by atoms with Crippen LogP contribution in [0.15, 0.2) is 48.5 Å². The molecule has 1 saturated heterocycles. The van der Waals surface area contributed by atoms with E-state index in [2.05, 4.69) is 10.6 Å². The van der Waals surface area contributed by atoms with E-state index in [1.165, 1.54) is 0 Å². The summed E-state index contributed by atoms with van der Waals surface area (Å²) in [6.07, 6.45) is 0.994. The number of amides is 1. The van der Waals surface area contributed by atoms with E-state index in [0.29, 0.717) is 5.56 Å². The van der Waals surface area contributed by atoms with Crippen LogP contribution in [0.4, 0.5) is 11.4 Å². The quantitative estimate of drug-likeness (QED) is 0.887. The fourth-order valence-corrected chi connectivity index (χ4v) is 2.96. The molecular formula is C19H23N3O2. The van der Waals surface area contributed by atoms with E-state index in [9.17, 15) is 4.79 Å². The van der Waals surface area contributed by atoms with Crippen LogP contribution in [-0.4, -0.2) is 44.1 Å². The molecule has 1 fully saturated rings. The van der Waals surface area contributed by atoms with Gasteiger partial charge in [0, 0.05) is 31.4 Å². The minimum absolute atomic E-state index is 0.0368. The second-order valence-electron chi connectivity index (χ2n) is 5.97. The molecule has 126 valence electrons. The molecule has 0 saturated carbocycles. The van der Waals surface area contributed by atoms with Crippen molar-refractivity contribution in [2.45, 2.75) is 12.5 Å². The molecule has 2 aromatic carbocycles. The van der Waals surface area contributed by atoms with E-state index in [1.807, 2.05) is 60.5 Å². The van der Waals surface area contributed by atoms with Gasteiger partial charge in [-0.3, -0.25) is 4.79 Å². The summed E-state index contributed by atoms with van der Waals surface area (Å²) in [5.74, 6) is 0.813. The van der Waals surface area contributed by atoms with Crippen molar-refractivity contribution in [2.75, 3.05) is 32.6 Å². The molecule has 1 amide bonds. The second kappa shape index (κ2) is 7.36. The lowest BCUT2D eigenvalue weighted by Gasteiger charge is -2.25. The normalized spacial score (nSPS) is 16.7. The number of benzene rings is 2. The number of carbonyl (C=O) groups excluding carboxylic acids is 1. The molecule has 5 nitrogen and oxygen atoms in total. The molecule has 2 aromatic rings. The number of nitrogens with one attached hydrogen (secondary N) is 2. The van der Waals surface area contributed by atoms with Crippen LogP contribution in [0.1, 0.15) is 16.8 Å². The molecule has 1 heterocycles. The average molecular weight is 325 g/mol. The number of likely N-dealkylation sites (N-methyl/N-ethyl adjacent to an activating group) is 1. The molecule has 0 aliphatic carbocycles. The van der Waals surface area contributed by atoms with Gasteiger partial charge in [0.15, 0.2) is 0 Å². The maximum absolute atomic E-state index is 12.9. The Morgan fingerprint density at radius 1 is 1.25 bits per heavy atom. The fraction of sp³-hybridized carbons (Fsp3) is 0.316. The molecule has 1 aliphatic heterocycles. The zero-order valence-electron chi connectivity index (χ0n) is 14.1. The molecule has 1 atom stereocenters. The third kappa shape index (κ3) is 3.51. The zero-order chi connectivity index (χ0) is 16.9. The minimum atomic E-state index is 0.0368. The largest absolute Gasteiger partial charge is 0.497 e. The third-order valence-corrected chi connectivity index (χ3v) is 4.41. The Balaban J connectivity index is 1.83. The summed E-state index contributed by atoms with van der Waals surface area (Å²) >= 11 is 0. The van der Waals surface area contributed by atoms with Gasteiger partial charge < -0.3 is 20.3 Å². The number of hydrogen-bond acceptors (Lipinski definition) is 4. The number of nitrogens with zero attached hydrogens (tertiary/aromatic N) is 1. The lowest BCUT2D eigenvalue weighted by Crippen LogP contribution is -2.38. The highest BCUT2D eigenvalue weighted by Crippen LogP contribution is 2.25. The molecule has 2 N–H and O–H groups in total. The summed E-state index contributed by atoms with van der Waals surface area (Å²) in [5, 5.41) is 6.63. The van der Waals surface area contributed by atoms with Crippen molar-refractivity contribution >= 4 is 17.3 Å². The Hall–Kier alpha value is -2.53. The number of ether oxygens (including phenoxy) is 1. The van der Waals surface area contributed by atoms with Crippen LogP contribution in [0, 0.1) is 0 Å². The molecule has 24 heavy (non-hydrogen) atoms. The number of rotatable bonds is 5. The van der Waals surface area contributed by atoms with Gasteiger partial charge in [-0.05, 0) is 37.2 Å². The van der Waals surface area contributed by atoms with Gasteiger partial charge in [0.2, 0.25) is 0 Å². The summed E-state index contributed by atoms with van der Waals surface area (Å²) in [6.45, 7) is 1.82. The fourth-order valence-electron chi connectivity index (χ4n) is 2.96. The maximum atomic E-state index is 12.9. The van der Waals surface area contributed by atoms with Gasteiger partial charge in [-0.25, -0.2) is 0 Å². The maximum Gasteiger partial charge on any atom is 0.255 e. The van der Waals surface area contributed by atoms with Crippen LogP contribution in [0.25, 0.3) is 0 Å². The molecule has 0 radical (unpaired) electrons. The van der Waals surface area contributed by atoms with E-state index in [4.69, 9.17) is 4.74 Å². The van der Waals surface area contributed by atoms with Gasteiger partial charge in [-0.2, -0.15) is 0 Å². The Labute approximate surface area is 142 Å². The van der Waals surface area contributed by atoms with E-state index >= 15 is 0 Å². The molecule has 5 heteroatoms. The van der Waals surface area contributed by atoms with E-state index < -0.39 is 0 Å². The van der Waals surface area contributed by atoms with Crippen molar-refractivity contribution in [1.82, 2.24) is 10.2 Å². The van der Waals surface area contributed by atoms with Crippen molar-refractivity contribution in [3.05, 3.63) is 54.1 Å². The van der Waals surface area contributed by atoms with Gasteiger partial charge >= 0.3 is 0 Å². The summed E-state index contributed by atoms with van der Waals surface area (Å²) in [5.41, 5.74) is 2.36. The Morgan fingerprint density at radius 2 is 2.08 bits per heavy atom. The van der Waals surface area contributed by atoms with E-state index in [0.717, 1.165) is 36.6 Å². The molecular weight excluding hydrogens is 302 g/mol. The molecule has 0 spiro atoms. The molecule has 0 bridgehead atoms. The number of anilines is 2. The Bertz CT molecular complexity index is 711.